The van der Waals surface area contributed by atoms with Crippen LogP contribution in [0.5, 0.6) is 0 Å². The number of nitrogen functional groups attached to an aromatic ring is 1. The Bertz CT molecular complexity index is 718. The summed E-state index contributed by atoms with van der Waals surface area (Å²) in [5, 5.41) is 7.01. The lowest BCUT2D eigenvalue weighted by Gasteiger charge is -2.08. The molecule has 0 radical (unpaired) electrons. The minimum atomic E-state index is -0.204. The molecule has 3 rings (SSSR count). The molecule has 100 valence electrons. The Morgan fingerprint density at radius 1 is 1.25 bits per heavy atom. The third-order valence-electron chi connectivity index (χ3n) is 2.68. The summed E-state index contributed by atoms with van der Waals surface area (Å²) in [6.45, 7) is 0. The fourth-order valence-electron chi connectivity index (χ4n) is 1.73. The zero-order valence-electron chi connectivity index (χ0n) is 10.4. The number of nitrogens with zero attached hydrogens (tertiary/aromatic N) is 3. The van der Waals surface area contributed by atoms with Crippen LogP contribution in [0.2, 0.25) is 0 Å². The summed E-state index contributed by atoms with van der Waals surface area (Å²) in [4.78, 5) is 16.4. The number of carbonyl (C=O) groups excluding carboxylic acids is 1. The molecular formula is C13H11N5OS. The van der Waals surface area contributed by atoms with Crippen LogP contribution < -0.4 is 11.1 Å². The molecule has 0 saturated heterocycles. The Balaban J connectivity index is 1.87. The molecule has 3 aromatic rings. The van der Waals surface area contributed by atoms with E-state index in [1.807, 2.05) is 12.1 Å². The number of amides is 1. The fourth-order valence-corrected chi connectivity index (χ4v) is 2.24. The normalized spacial score (nSPS) is 10.4. The number of benzene rings is 1. The number of aromatic nitrogens is 3. The van der Waals surface area contributed by atoms with E-state index >= 15 is 0 Å². The van der Waals surface area contributed by atoms with Crippen LogP contribution in [0.3, 0.4) is 0 Å². The molecule has 0 spiro atoms. The third kappa shape index (κ3) is 2.39. The van der Waals surface area contributed by atoms with Crippen molar-refractivity contribution in [3.05, 3.63) is 53.1 Å². The molecule has 0 aliphatic rings. The number of carbonyl (C=O) groups is 1. The Morgan fingerprint density at radius 3 is 2.75 bits per heavy atom. The van der Waals surface area contributed by atoms with Crippen molar-refractivity contribution in [1.29, 1.82) is 0 Å². The maximum atomic E-state index is 12.0. The number of anilines is 2. The second-order valence-corrected chi connectivity index (χ2v) is 4.93. The van der Waals surface area contributed by atoms with Crippen molar-refractivity contribution in [2.75, 3.05) is 11.1 Å². The number of thiazole rings is 1. The molecule has 2 aromatic heterocycles. The molecule has 0 unspecified atom stereocenters. The van der Waals surface area contributed by atoms with Gasteiger partial charge in [-0.3, -0.25) is 9.78 Å². The summed E-state index contributed by atoms with van der Waals surface area (Å²) < 4.78 is 1.64. The number of rotatable bonds is 3. The van der Waals surface area contributed by atoms with Gasteiger partial charge in [0.25, 0.3) is 5.91 Å². The van der Waals surface area contributed by atoms with E-state index in [-0.39, 0.29) is 5.91 Å². The van der Waals surface area contributed by atoms with Gasteiger partial charge in [-0.2, -0.15) is 5.10 Å². The molecular weight excluding hydrogens is 274 g/mol. The predicted octanol–water partition coefficient (Wildman–Crippen LogP) is 2.16. The van der Waals surface area contributed by atoms with Gasteiger partial charge in [0.15, 0.2) is 0 Å². The minimum absolute atomic E-state index is 0.204. The number of nitrogens with one attached hydrogen (secondary N) is 1. The van der Waals surface area contributed by atoms with Crippen LogP contribution in [-0.2, 0) is 0 Å². The van der Waals surface area contributed by atoms with E-state index in [0.717, 1.165) is 5.69 Å². The zero-order valence-corrected chi connectivity index (χ0v) is 11.2. The lowest BCUT2D eigenvalue weighted by atomic mass is 10.3. The number of hydrogen-bond donors (Lipinski definition) is 2. The number of nitrogens with two attached hydrogens (primary N) is 1. The van der Waals surface area contributed by atoms with Gasteiger partial charge in [0, 0.05) is 11.8 Å². The van der Waals surface area contributed by atoms with Gasteiger partial charge in [-0.25, -0.2) is 4.68 Å². The SMILES string of the molecule is Nc1ccc(-n2nccc2NC(=O)c2cncs2)cc1. The highest BCUT2D eigenvalue weighted by Crippen LogP contribution is 2.17. The summed E-state index contributed by atoms with van der Waals surface area (Å²) in [5.74, 6) is 0.387. The van der Waals surface area contributed by atoms with Crippen LogP contribution in [-0.4, -0.2) is 20.7 Å². The molecule has 20 heavy (non-hydrogen) atoms. The topological polar surface area (TPSA) is 85.8 Å². The van der Waals surface area contributed by atoms with E-state index in [1.165, 1.54) is 17.5 Å². The maximum Gasteiger partial charge on any atom is 0.268 e. The van der Waals surface area contributed by atoms with Crippen LogP contribution in [0, 0.1) is 0 Å². The highest BCUT2D eigenvalue weighted by molar-refractivity contribution is 7.11. The van der Waals surface area contributed by atoms with E-state index < -0.39 is 0 Å². The van der Waals surface area contributed by atoms with Crippen molar-refractivity contribution in [3.8, 4) is 5.69 Å². The van der Waals surface area contributed by atoms with Gasteiger partial charge in [-0.15, -0.1) is 11.3 Å². The largest absolute Gasteiger partial charge is 0.399 e. The monoisotopic (exact) mass is 285 g/mol. The first kappa shape index (κ1) is 12.4. The summed E-state index contributed by atoms with van der Waals surface area (Å²) in [6.07, 6.45) is 3.16. The lowest BCUT2D eigenvalue weighted by Crippen LogP contribution is -2.14. The molecule has 6 nitrogen and oxygen atoms in total. The smallest absolute Gasteiger partial charge is 0.268 e. The summed E-state index contributed by atoms with van der Waals surface area (Å²) in [6, 6.07) is 8.97. The van der Waals surface area contributed by atoms with Gasteiger partial charge >= 0.3 is 0 Å². The average molecular weight is 285 g/mol. The third-order valence-corrected chi connectivity index (χ3v) is 3.45. The quantitative estimate of drug-likeness (QED) is 0.722. The van der Waals surface area contributed by atoms with Crippen molar-refractivity contribution in [2.24, 2.45) is 0 Å². The predicted molar refractivity (Wildman–Crippen MR) is 78.0 cm³/mol. The first-order valence-electron chi connectivity index (χ1n) is 5.84. The van der Waals surface area contributed by atoms with Gasteiger partial charge in [-0.05, 0) is 24.3 Å². The van der Waals surface area contributed by atoms with Crippen LogP contribution in [0.25, 0.3) is 5.69 Å². The van der Waals surface area contributed by atoms with Gasteiger partial charge in [0.1, 0.15) is 10.7 Å². The molecule has 0 aliphatic heterocycles. The first-order valence-corrected chi connectivity index (χ1v) is 6.72. The standard InChI is InChI=1S/C13H11N5OS/c14-9-1-3-10(4-2-9)18-12(5-6-16-18)17-13(19)11-7-15-8-20-11/h1-8H,14H2,(H,17,19). The minimum Gasteiger partial charge on any atom is -0.399 e. The Hall–Kier alpha value is -2.67. The first-order chi connectivity index (χ1) is 9.74. The molecule has 0 aliphatic carbocycles. The molecule has 0 bridgehead atoms. The zero-order chi connectivity index (χ0) is 13.9. The summed E-state index contributed by atoms with van der Waals surface area (Å²) in [5.41, 5.74) is 8.78. The van der Waals surface area contributed by atoms with Crippen LogP contribution in [0.1, 0.15) is 9.67 Å². The van der Waals surface area contributed by atoms with Crippen molar-refractivity contribution in [2.45, 2.75) is 0 Å². The molecule has 0 fully saturated rings. The Kier molecular flexibility index (Phi) is 3.18. The lowest BCUT2D eigenvalue weighted by molar-refractivity contribution is 0.102. The number of hydrogen-bond acceptors (Lipinski definition) is 5. The van der Waals surface area contributed by atoms with Crippen LogP contribution in [0.15, 0.2) is 48.2 Å². The molecule has 7 heteroatoms. The van der Waals surface area contributed by atoms with E-state index in [0.29, 0.717) is 16.4 Å². The second-order valence-electron chi connectivity index (χ2n) is 4.04. The fraction of sp³-hybridized carbons (Fsp3) is 0. The average Bonchev–Trinajstić information content (AvgIpc) is 3.10. The molecule has 0 saturated carbocycles. The summed E-state index contributed by atoms with van der Waals surface area (Å²) in [7, 11) is 0. The second kappa shape index (κ2) is 5.14. The Morgan fingerprint density at radius 2 is 2.05 bits per heavy atom. The Labute approximate surface area is 118 Å². The van der Waals surface area contributed by atoms with E-state index in [1.54, 1.807) is 34.6 Å². The van der Waals surface area contributed by atoms with Crippen molar-refractivity contribution in [3.63, 3.8) is 0 Å². The van der Waals surface area contributed by atoms with Crippen LogP contribution >= 0.6 is 11.3 Å². The van der Waals surface area contributed by atoms with E-state index in [4.69, 9.17) is 5.73 Å². The van der Waals surface area contributed by atoms with Crippen molar-refractivity contribution >= 4 is 28.7 Å². The molecule has 2 heterocycles. The van der Waals surface area contributed by atoms with Crippen molar-refractivity contribution < 1.29 is 4.79 Å². The van der Waals surface area contributed by atoms with Gasteiger partial charge in [-0.1, -0.05) is 0 Å². The van der Waals surface area contributed by atoms with Gasteiger partial charge in [0.05, 0.1) is 23.6 Å². The van der Waals surface area contributed by atoms with Gasteiger partial charge < -0.3 is 11.1 Å². The van der Waals surface area contributed by atoms with Crippen molar-refractivity contribution in [1.82, 2.24) is 14.8 Å². The van der Waals surface area contributed by atoms with E-state index in [2.05, 4.69) is 15.4 Å². The van der Waals surface area contributed by atoms with E-state index in [9.17, 15) is 4.79 Å². The molecule has 1 amide bonds. The highest BCUT2D eigenvalue weighted by Gasteiger charge is 2.11. The molecule has 0 atom stereocenters. The maximum absolute atomic E-state index is 12.0. The van der Waals surface area contributed by atoms with Crippen LogP contribution in [0.4, 0.5) is 11.5 Å². The van der Waals surface area contributed by atoms with Gasteiger partial charge in [0.2, 0.25) is 0 Å². The molecule has 1 aromatic carbocycles. The summed E-state index contributed by atoms with van der Waals surface area (Å²) >= 11 is 1.29. The highest BCUT2D eigenvalue weighted by atomic mass is 32.1. The molecule has 3 N–H and O–H groups in total.